The summed E-state index contributed by atoms with van der Waals surface area (Å²) in [5, 5.41) is 5.46. The van der Waals surface area contributed by atoms with Crippen LogP contribution in [0, 0.1) is 5.92 Å². The lowest BCUT2D eigenvalue weighted by molar-refractivity contribution is -0.129. The molecule has 2 amide bonds. The first-order chi connectivity index (χ1) is 21.6. The third-order valence-corrected chi connectivity index (χ3v) is 8.40. The molecule has 0 aliphatic heterocycles. The number of nitrogens with two attached hydrogens (primary N) is 2. The van der Waals surface area contributed by atoms with Crippen molar-refractivity contribution in [3.8, 4) is 0 Å². The number of nitrogens with one attached hydrogen (secondary N) is 2. The van der Waals surface area contributed by atoms with E-state index in [2.05, 4.69) is 17.6 Å². The van der Waals surface area contributed by atoms with Crippen molar-refractivity contribution < 1.29 is 36.7 Å². The van der Waals surface area contributed by atoms with Crippen LogP contribution in [0.3, 0.4) is 0 Å². The van der Waals surface area contributed by atoms with E-state index in [0.29, 0.717) is 6.42 Å². The van der Waals surface area contributed by atoms with Crippen molar-refractivity contribution >= 4 is 23.4 Å². The van der Waals surface area contributed by atoms with E-state index in [1.165, 1.54) is 38.5 Å². The lowest BCUT2D eigenvalue weighted by Crippen LogP contribution is -2.53. The summed E-state index contributed by atoms with van der Waals surface area (Å²) < 4.78 is 51.3. The van der Waals surface area contributed by atoms with Gasteiger partial charge in [0.25, 0.3) is 12.9 Å². The van der Waals surface area contributed by atoms with E-state index < -0.39 is 35.5 Å². The molecule has 0 aliphatic carbocycles. The summed E-state index contributed by atoms with van der Waals surface area (Å²) in [6, 6.07) is 0. The standard InChI is InChI=1S/C19H36F2N2O2.C15H28F2N2O2.CH4/c1-3-4-5-6-7-8-9-10-11-13-17(25)23-15-12-14-19(22,16(2)24)18(20)21;1-4-7-12(8-5-2)13(21)19-10-6-9-15(18,11(3)20)14(16)17;/h18H,3-15,22H2,1-2H3,(H,23,25);12,14H,4-10,18H2,1-3H3,(H,19,21);1H4. The Labute approximate surface area is 282 Å². The van der Waals surface area contributed by atoms with Crippen LogP contribution in [0.5, 0.6) is 0 Å². The summed E-state index contributed by atoms with van der Waals surface area (Å²) in [5.41, 5.74) is 6.70. The van der Waals surface area contributed by atoms with Crippen molar-refractivity contribution in [3.05, 3.63) is 0 Å². The highest BCUT2D eigenvalue weighted by Gasteiger charge is 2.40. The van der Waals surface area contributed by atoms with Gasteiger partial charge in [0.05, 0.1) is 0 Å². The van der Waals surface area contributed by atoms with E-state index in [4.69, 9.17) is 11.5 Å². The number of unbranched alkanes of at least 4 members (excludes halogenated alkanes) is 8. The van der Waals surface area contributed by atoms with Crippen LogP contribution in [0.4, 0.5) is 17.6 Å². The highest BCUT2D eigenvalue weighted by molar-refractivity contribution is 5.86. The Bertz CT molecular complexity index is 844. The Balaban J connectivity index is -0.000000818. The second-order valence-corrected chi connectivity index (χ2v) is 12.5. The summed E-state index contributed by atoms with van der Waals surface area (Å²) >= 11 is 0. The SMILES string of the molecule is C.CCCC(CCC)C(=O)NCCCC(N)(C(C)=O)C(F)F.CCCCCCCCCCCC(=O)NCCCC(N)(C(C)=O)C(F)F. The molecule has 0 bridgehead atoms. The third kappa shape index (κ3) is 22.2. The predicted octanol–water partition coefficient (Wildman–Crippen LogP) is 7.64. The normalized spacial score (nSPS) is 13.7. The van der Waals surface area contributed by atoms with Crippen molar-refractivity contribution in [2.24, 2.45) is 17.4 Å². The first kappa shape index (κ1) is 49.3. The monoisotopic (exact) mass is 685 g/mol. The fourth-order valence-corrected chi connectivity index (χ4v) is 5.01. The Morgan fingerprint density at radius 2 is 0.979 bits per heavy atom. The van der Waals surface area contributed by atoms with Crippen LogP contribution in [0.1, 0.15) is 158 Å². The van der Waals surface area contributed by atoms with Gasteiger partial charge in [-0.15, -0.1) is 0 Å². The van der Waals surface area contributed by atoms with Crippen molar-refractivity contribution in [1.29, 1.82) is 0 Å². The molecule has 0 aromatic rings. The molecule has 47 heavy (non-hydrogen) atoms. The first-order valence-corrected chi connectivity index (χ1v) is 17.3. The Morgan fingerprint density at radius 1 is 0.596 bits per heavy atom. The minimum absolute atomic E-state index is 0. The molecule has 0 heterocycles. The zero-order valence-electron chi connectivity index (χ0n) is 29.2. The van der Waals surface area contributed by atoms with Gasteiger partial charge in [-0.05, 0) is 58.8 Å². The van der Waals surface area contributed by atoms with Gasteiger partial charge in [-0.3, -0.25) is 19.2 Å². The number of amides is 2. The van der Waals surface area contributed by atoms with Crippen molar-refractivity contribution in [1.82, 2.24) is 10.6 Å². The van der Waals surface area contributed by atoms with Gasteiger partial charge >= 0.3 is 0 Å². The first-order valence-electron chi connectivity index (χ1n) is 17.3. The molecule has 0 radical (unpaired) electrons. The summed E-state index contributed by atoms with van der Waals surface area (Å²) in [7, 11) is 0. The van der Waals surface area contributed by atoms with Crippen LogP contribution in [0.25, 0.3) is 0 Å². The second-order valence-electron chi connectivity index (χ2n) is 12.5. The van der Waals surface area contributed by atoms with Gasteiger partial charge < -0.3 is 22.1 Å². The molecule has 0 spiro atoms. The van der Waals surface area contributed by atoms with Gasteiger partial charge in [0.1, 0.15) is 11.1 Å². The Kier molecular flexibility index (Phi) is 30.3. The number of carbonyl (C=O) groups is 4. The van der Waals surface area contributed by atoms with E-state index >= 15 is 0 Å². The molecule has 0 aromatic heterocycles. The molecule has 2 unspecified atom stereocenters. The minimum Gasteiger partial charge on any atom is -0.356 e. The van der Waals surface area contributed by atoms with Crippen LogP contribution < -0.4 is 22.1 Å². The second kappa shape index (κ2) is 28.9. The van der Waals surface area contributed by atoms with Gasteiger partial charge in [0.15, 0.2) is 11.6 Å². The maximum atomic E-state index is 12.8. The summed E-state index contributed by atoms with van der Waals surface area (Å²) in [5.74, 6) is -1.57. The number of Topliss-reactive ketones (excluding diaryl/α,β-unsaturated/α-hetero) is 2. The van der Waals surface area contributed by atoms with Crippen molar-refractivity contribution in [2.45, 2.75) is 182 Å². The summed E-state index contributed by atoms with van der Waals surface area (Å²) in [6.45, 7) is 8.94. The van der Waals surface area contributed by atoms with Gasteiger partial charge in [0.2, 0.25) is 11.8 Å². The molecule has 0 saturated heterocycles. The van der Waals surface area contributed by atoms with Gasteiger partial charge in [-0.1, -0.05) is 92.4 Å². The molecule has 0 rings (SSSR count). The van der Waals surface area contributed by atoms with Crippen LogP contribution in [0.15, 0.2) is 0 Å². The Morgan fingerprint density at radius 3 is 1.34 bits per heavy atom. The highest BCUT2D eigenvalue weighted by Crippen LogP contribution is 2.21. The number of alkyl halides is 4. The molecule has 8 nitrogen and oxygen atoms in total. The van der Waals surface area contributed by atoms with Gasteiger partial charge in [0, 0.05) is 25.4 Å². The number of hydrogen-bond donors (Lipinski definition) is 4. The minimum atomic E-state index is -2.89. The maximum absolute atomic E-state index is 12.8. The number of carbonyl (C=O) groups excluding carboxylic acids is 4. The van der Waals surface area contributed by atoms with E-state index in [-0.39, 0.29) is 63.9 Å². The van der Waals surface area contributed by atoms with E-state index in [1.54, 1.807) is 0 Å². The Hall–Kier alpha value is -2.08. The predicted molar refractivity (Wildman–Crippen MR) is 184 cm³/mol. The number of rotatable bonds is 27. The van der Waals surface area contributed by atoms with Gasteiger partial charge in [-0.2, -0.15) is 0 Å². The highest BCUT2D eigenvalue weighted by atomic mass is 19.3. The molecule has 0 aliphatic rings. The lowest BCUT2D eigenvalue weighted by Gasteiger charge is -2.25. The third-order valence-electron chi connectivity index (χ3n) is 8.40. The van der Waals surface area contributed by atoms with Crippen LogP contribution >= 0.6 is 0 Å². The lowest BCUT2D eigenvalue weighted by atomic mass is 9.91. The quantitative estimate of drug-likeness (QED) is 0.0517. The molecular formula is C35H68F4N4O4. The summed E-state index contributed by atoms with van der Waals surface area (Å²) in [6.07, 6.45) is 9.21. The zero-order chi connectivity index (χ0) is 35.6. The van der Waals surface area contributed by atoms with Crippen molar-refractivity contribution in [3.63, 3.8) is 0 Å². The van der Waals surface area contributed by atoms with E-state index in [0.717, 1.165) is 58.8 Å². The average Bonchev–Trinajstić information content (AvgIpc) is 3.00. The maximum Gasteiger partial charge on any atom is 0.263 e. The van der Waals surface area contributed by atoms with E-state index in [9.17, 15) is 36.7 Å². The molecule has 6 N–H and O–H groups in total. The largest absolute Gasteiger partial charge is 0.356 e. The average molecular weight is 685 g/mol. The molecule has 2 atom stereocenters. The zero-order valence-corrected chi connectivity index (χ0v) is 29.2. The van der Waals surface area contributed by atoms with Gasteiger partial charge in [-0.25, -0.2) is 17.6 Å². The van der Waals surface area contributed by atoms with Crippen LogP contribution in [0.2, 0.25) is 0 Å². The molecule has 0 fully saturated rings. The number of hydrogen-bond acceptors (Lipinski definition) is 6. The molecule has 12 heteroatoms. The summed E-state index contributed by atoms with van der Waals surface area (Å²) in [4.78, 5) is 46.1. The fraction of sp³-hybridized carbons (Fsp3) is 0.886. The van der Waals surface area contributed by atoms with Crippen LogP contribution in [-0.4, -0.2) is 60.4 Å². The molecular weight excluding hydrogens is 616 g/mol. The molecule has 280 valence electrons. The van der Waals surface area contributed by atoms with E-state index in [1.807, 2.05) is 13.8 Å². The van der Waals surface area contributed by atoms with Crippen molar-refractivity contribution in [2.75, 3.05) is 13.1 Å². The number of halogens is 4. The smallest absolute Gasteiger partial charge is 0.263 e. The topological polar surface area (TPSA) is 144 Å². The number of ketones is 2. The fourth-order valence-electron chi connectivity index (χ4n) is 5.01. The van der Waals surface area contributed by atoms with Crippen LogP contribution in [-0.2, 0) is 19.2 Å². The molecule has 0 aromatic carbocycles. The molecule has 0 saturated carbocycles.